The predicted octanol–water partition coefficient (Wildman–Crippen LogP) is 2.36. The van der Waals surface area contributed by atoms with Gasteiger partial charge in [-0.25, -0.2) is 0 Å². The van der Waals surface area contributed by atoms with Crippen molar-refractivity contribution < 1.29 is 26.7 Å². The topological polar surface area (TPSA) is 57.9 Å². The Kier molecular flexibility index (Phi) is 4.77. The van der Waals surface area contributed by atoms with Crippen LogP contribution in [0.3, 0.4) is 0 Å². The zero-order valence-corrected chi connectivity index (χ0v) is 10.8. The first-order valence-electron chi connectivity index (χ1n) is 5.20. The molecule has 4 heteroatoms. The molecule has 0 radical (unpaired) electrons. The van der Waals surface area contributed by atoms with Crippen LogP contribution in [0.5, 0.6) is 0 Å². The molecule has 2 aromatic rings. The van der Waals surface area contributed by atoms with Gasteiger partial charge in [-0.2, -0.15) is 0 Å². The van der Waals surface area contributed by atoms with Crippen molar-refractivity contribution in [3.8, 4) is 0 Å². The van der Waals surface area contributed by atoms with Crippen LogP contribution in [0.4, 0.5) is 0 Å². The predicted molar refractivity (Wildman–Crippen MR) is 63.6 cm³/mol. The first-order valence-corrected chi connectivity index (χ1v) is 5.20. The molecule has 0 aliphatic heterocycles. The van der Waals surface area contributed by atoms with E-state index in [1.165, 1.54) is 0 Å². The SMILES string of the molecule is O=C1c2[c-]cccc2C(=O)c2ccccc21.[C-]#N.[Fe+2]. The molecular formula is C15H7FeNO2. The van der Waals surface area contributed by atoms with Crippen LogP contribution < -0.4 is 0 Å². The largest absolute Gasteiger partial charge is 2.00 e. The third-order valence-electron chi connectivity index (χ3n) is 2.74. The average molecular weight is 289 g/mol. The van der Waals surface area contributed by atoms with E-state index in [2.05, 4.69) is 6.07 Å². The summed E-state index contributed by atoms with van der Waals surface area (Å²) in [7, 11) is 0. The Labute approximate surface area is 121 Å². The normalized spacial score (nSPS) is 11.3. The van der Waals surface area contributed by atoms with Crippen LogP contribution in [0.1, 0.15) is 31.8 Å². The van der Waals surface area contributed by atoms with E-state index in [1.54, 1.807) is 42.5 Å². The zero-order chi connectivity index (χ0) is 13.1. The zero-order valence-electron chi connectivity index (χ0n) is 9.66. The van der Waals surface area contributed by atoms with Gasteiger partial charge in [0, 0.05) is 5.56 Å². The summed E-state index contributed by atoms with van der Waals surface area (Å²) in [6, 6.07) is 14.8. The third-order valence-corrected chi connectivity index (χ3v) is 2.74. The van der Waals surface area contributed by atoms with E-state index >= 15 is 0 Å². The van der Waals surface area contributed by atoms with Crippen molar-refractivity contribution in [2.45, 2.75) is 0 Å². The van der Waals surface area contributed by atoms with E-state index in [4.69, 9.17) is 11.8 Å². The summed E-state index contributed by atoms with van der Waals surface area (Å²) in [5.41, 5.74) is 1.79. The molecule has 0 aromatic heterocycles. The fourth-order valence-corrected chi connectivity index (χ4v) is 1.97. The van der Waals surface area contributed by atoms with E-state index in [-0.39, 0.29) is 28.6 Å². The van der Waals surface area contributed by atoms with Gasteiger partial charge in [0.1, 0.15) is 5.78 Å². The Balaban J connectivity index is 0.000000576. The summed E-state index contributed by atoms with van der Waals surface area (Å²) < 4.78 is 0. The second kappa shape index (κ2) is 6.10. The summed E-state index contributed by atoms with van der Waals surface area (Å²) in [5, 5.41) is 6.25. The van der Waals surface area contributed by atoms with Gasteiger partial charge in [-0.15, -0.1) is 24.3 Å². The molecule has 0 N–H and O–H groups in total. The number of nitrogens with zero attached hydrogens (tertiary/aromatic N) is 1. The molecule has 2 aromatic carbocycles. The minimum absolute atomic E-state index is 0. The molecule has 0 fully saturated rings. The van der Waals surface area contributed by atoms with Gasteiger partial charge < -0.3 is 16.6 Å². The van der Waals surface area contributed by atoms with Gasteiger partial charge >= 0.3 is 17.1 Å². The number of ketones is 2. The number of carbonyl (C=O) groups is 2. The van der Waals surface area contributed by atoms with Crippen LogP contribution in [-0.2, 0) is 17.1 Å². The van der Waals surface area contributed by atoms with E-state index in [1.807, 2.05) is 0 Å². The molecule has 0 atom stereocenters. The molecule has 1 aliphatic rings. The minimum atomic E-state index is -0.120. The Hall–Kier alpha value is -2.21. The molecular weight excluding hydrogens is 282 g/mol. The molecule has 0 unspecified atom stereocenters. The smallest absolute Gasteiger partial charge is 0.512 e. The van der Waals surface area contributed by atoms with Crippen LogP contribution >= 0.6 is 0 Å². The molecule has 0 amide bonds. The summed E-state index contributed by atoms with van der Waals surface area (Å²) >= 11 is 0. The van der Waals surface area contributed by atoms with Crippen molar-refractivity contribution in [2.24, 2.45) is 0 Å². The van der Waals surface area contributed by atoms with Crippen molar-refractivity contribution in [1.82, 2.24) is 0 Å². The van der Waals surface area contributed by atoms with E-state index in [0.29, 0.717) is 22.3 Å². The van der Waals surface area contributed by atoms with Gasteiger partial charge in [0.15, 0.2) is 5.78 Å². The van der Waals surface area contributed by atoms with Crippen LogP contribution in [0, 0.1) is 17.9 Å². The van der Waals surface area contributed by atoms with Crippen molar-refractivity contribution in [3.63, 3.8) is 0 Å². The van der Waals surface area contributed by atoms with E-state index in [0.717, 1.165) is 0 Å². The number of carbonyl (C=O) groups excluding carboxylic acids is 2. The van der Waals surface area contributed by atoms with E-state index in [9.17, 15) is 9.59 Å². The van der Waals surface area contributed by atoms with Gasteiger partial charge in [-0.05, 0) is 5.56 Å². The number of hydrogen-bond acceptors (Lipinski definition) is 3. The number of fused-ring (bicyclic) bond motifs is 2. The molecule has 92 valence electrons. The number of benzene rings is 2. The first-order chi connectivity index (χ1) is 8.79. The Morgan fingerprint density at radius 2 is 1.37 bits per heavy atom. The fourth-order valence-electron chi connectivity index (χ4n) is 1.97. The maximum absolute atomic E-state index is 12.1. The van der Waals surface area contributed by atoms with Crippen LogP contribution in [-0.4, -0.2) is 11.6 Å². The molecule has 19 heavy (non-hydrogen) atoms. The van der Waals surface area contributed by atoms with Crippen LogP contribution in [0.2, 0.25) is 0 Å². The summed E-state index contributed by atoms with van der Waals surface area (Å²) in [6.07, 6.45) is 0. The molecule has 0 saturated carbocycles. The molecule has 0 bridgehead atoms. The average Bonchev–Trinajstić information content (AvgIpc) is 2.47. The second-order valence-electron chi connectivity index (χ2n) is 3.66. The number of hydrogen-bond donors (Lipinski definition) is 0. The van der Waals surface area contributed by atoms with Crippen molar-refractivity contribution in [1.29, 1.82) is 5.26 Å². The molecule has 3 rings (SSSR count). The molecule has 0 heterocycles. The van der Waals surface area contributed by atoms with Gasteiger partial charge in [-0.1, -0.05) is 35.4 Å². The monoisotopic (exact) mass is 289 g/mol. The van der Waals surface area contributed by atoms with Crippen LogP contribution in [0.25, 0.3) is 0 Å². The Morgan fingerprint density at radius 3 is 2.00 bits per heavy atom. The van der Waals surface area contributed by atoms with Gasteiger partial charge in [0.2, 0.25) is 0 Å². The maximum atomic E-state index is 12.1. The summed E-state index contributed by atoms with van der Waals surface area (Å²) in [4.78, 5) is 24.2. The van der Waals surface area contributed by atoms with Gasteiger partial charge in [0.25, 0.3) is 0 Å². The maximum Gasteiger partial charge on any atom is 2.00 e. The quantitative estimate of drug-likeness (QED) is 0.471. The number of rotatable bonds is 0. The molecule has 3 nitrogen and oxygen atoms in total. The third kappa shape index (κ3) is 2.34. The molecule has 0 spiro atoms. The second-order valence-corrected chi connectivity index (χ2v) is 3.66. The van der Waals surface area contributed by atoms with Crippen molar-refractivity contribution in [2.75, 3.05) is 0 Å². The van der Waals surface area contributed by atoms with Crippen molar-refractivity contribution >= 4 is 11.6 Å². The Bertz CT molecular complexity index is 556. The summed E-state index contributed by atoms with van der Waals surface area (Å²) in [6.45, 7) is 4.75. The molecule has 1 aliphatic carbocycles. The fraction of sp³-hybridized carbons (Fsp3) is 0. The standard InChI is InChI=1S/C14H7O2.CN.Fe/c15-13-9-5-1-2-6-10(9)14(16)12-8-4-3-7-11(12)13;1-2;/h1-7H;;/q2*-1;+2. The van der Waals surface area contributed by atoms with Gasteiger partial charge in [-0.3, -0.25) is 4.79 Å². The summed E-state index contributed by atoms with van der Waals surface area (Å²) in [5.74, 6) is -0.215. The molecule has 0 saturated heterocycles. The first kappa shape index (κ1) is 14.8. The minimum Gasteiger partial charge on any atom is -0.512 e. The van der Waals surface area contributed by atoms with Crippen molar-refractivity contribution in [3.05, 3.63) is 77.4 Å². The van der Waals surface area contributed by atoms with Gasteiger partial charge in [0.05, 0.1) is 0 Å². The van der Waals surface area contributed by atoms with Crippen LogP contribution in [0.15, 0.2) is 42.5 Å². The Morgan fingerprint density at radius 1 is 0.842 bits per heavy atom. The van der Waals surface area contributed by atoms with E-state index < -0.39 is 0 Å².